The van der Waals surface area contributed by atoms with Gasteiger partial charge in [0.05, 0.1) is 17.6 Å². The first kappa shape index (κ1) is 15.8. The Hall–Kier alpha value is -2.04. The number of para-hydroxylation sites is 1. The zero-order chi connectivity index (χ0) is 16.2. The van der Waals surface area contributed by atoms with Crippen LogP contribution in [-0.4, -0.2) is 42.1 Å². The van der Waals surface area contributed by atoms with Crippen molar-refractivity contribution in [3.63, 3.8) is 0 Å². The number of benzene rings is 2. The highest BCUT2D eigenvalue weighted by molar-refractivity contribution is 6.31. The van der Waals surface area contributed by atoms with Gasteiger partial charge < -0.3 is 14.8 Å². The zero-order valence-electron chi connectivity index (χ0n) is 13.5. The van der Waals surface area contributed by atoms with Gasteiger partial charge in [0, 0.05) is 23.8 Å². The Morgan fingerprint density at radius 2 is 1.83 bits per heavy atom. The largest absolute Gasteiger partial charge is 0.363 e. The SMILES string of the molecule is CN(C)CCN(Cc1nc2cc(Cl)ccc2[nH]1)c1ccccc1. The third kappa shape index (κ3) is 4.03. The van der Waals surface area contributed by atoms with E-state index in [-0.39, 0.29) is 0 Å². The van der Waals surface area contributed by atoms with Crippen LogP contribution >= 0.6 is 11.6 Å². The fraction of sp³-hybridized carbons (Fsp3) is 0.278. The second-order valence-corrected chi connectivity index (χ2v) is 6.34. The monoisotopic (exact) mass is 328 g/mol. The molecule has 0 bridgehead atoms. The van der Waals surface area contributed by atoms with Gasteiger partial charge in [-0.3, -0.25) is 0 Å². The molecule has 0 atom stereocenters. The zero-order valence-corrected chi connectivity index (χ0v) is 14.2. The maximum atomic E-state index is 6.04. The van der Waals surface area contributed by atoms with E-state index in [4.69, 9.17) is 11.6 Å². The third-order valence-corrected chi connectivity index (χ3v) is 4.01. The second kappa shape index (κ2) is 7.02. The van der Waals surface area contributed by atoms with Crippen LogP contribution in [0.4, 0.5) is 5.69 Å². The van der Waals surface area contributed by atoms with Gasteiger partial charge in [-0.1, -0.05) is 29.8 Å². The first-order valence-electron chi connectivity index (χ1n) is 7.71. The quantitative estimate of drug-likeness (QED) is 0.748. The van der Waals surface area contributed by atoms with Crippen LogP contribution in [0.3, 0.4) is 0 Å². The maximum Gasteiger partial charge on any atom is 0.126 e. The molecule has 120 valence electrons. The molecule has 4 nitrogen and oxygen atoms in total. The molecule has 0 aliphatic carbocycles. The molecule has 0 saturated heterocycles. The van der Waals surface area contributed by atoms with E-state index in [2.05, 4.69) is 58.1 Å². The summed E-state index contributed by atoms with van der Waals surface area (Å²) in [7, 11) is 4.18. The number of imidazole rings is 1. The minimum atomic E-state index is 0.711. The Kier molecular flexibility index (Phi) is 4.84. The van der Waals surface area contributed by atoms with Gasteiger partial charge in [0.15, 0.2) is 0 Å². The van der Waals surface area contributed by atoms with E-state index >= 15 is 0 Å². The number of hydrogen-bond acceptors (Lipinski definition) is 3. The molecule has 3 aromatic rings. The van der Waals surface area contributed by atoms with Gasteiger partial charge in [-0.2, -0.15) is 0 Å². The molecule has 1 aromatic heterocycles. The average molecular weight is 329 g/mol. The molecule has 0 aliphatic heterocycles. The predicted octanol–water partition coefficient (Wildman–Crippen LogP) is 3.78. The minimum absolute atomic E-state index is 0.711. The summed E-state index contributed by atoms with van der Waals surface area (Å²) in [4.78, 5) is 12.6. The molecule has 3 rings (SSSR count). The van der Waals surface area contributed by atoms with Crippen molar-refractivity contribution in [1.29, 1.82) is 0 Å². The second-order valence-electron chi connectivity index (χ2n) is 5.91. The molecule has 23 heavy (non-hydrogen) atoms. The van der Waals surface area contributed by atoms with Crippen molar-refractivity contribution >= 4 is 28.3 Å². The van der Waals surface area contributed by atoms with Gasteiger partial charge in [0.1, 0.15) is 5.82 Å². The Morgan fingerprint density at radius 3 is 2.57 bits per heavy atom. The molecule has 0 radical (unpaired) electrons. The van der Waals surface area contributed by atoms with Gasteiger partial charge >= 0.3 is 0 Å². The van der Waals surface area contributed by atoms with Crippen molar-refractivity contribution in [3.05, 3.63) is 59.4 Å². The smallest absolute Gasteiger partial charge is 0.126 e. The first-order valence-corrected chi connectivity index (χ1v) is 8.08. The van der Waals surface area contributed by atoms with E-state index in [0.29, 0.717) is 5.02 Å². The number of H-pyrrole nitrogens is 1. The summed E-state index contributed by atoms with van der Waals surface area (Å²) in [5, 5.41) is 0.711. The van der Waals surface area contributed by atoms with Crippen molar-refractivity contribution in [2.45, 2.75) is 6.54 Å². The van der Waals surface area contributed by atoms with E-state index in [0.717, 1.165) is 36.5 Å². The molecule has 0 fully saturated rings. The van der Waals surface area contributed by atoms with Gasteiger partial charge in [-0.25, -0.2) is 4.98 Å². The molecule has 5 heteroatoms. The number of aromatic nitrogens is 2. The highest BCUT2D eigenvalue weighted by Crippen LogP contribution is 2.20. The number of nitrogens with one attached hydrogen (secondary N) is 1. The summed E-state index contributed by atoms with van der Waals surface area (Å²) < 4.78 is 0. The summed E-state index contributed by atoms with van der Waals surface area (Å²) in [6.07, 6.45) is 0. The van der Waals surface area contributed by atoms with Crippen molar-refractivity contribution < 1.29 is 0 Å². The van der Waals surface area contributed by atoms with Gasteiger partial charge in [0.2, 0.25) is 0 Å². The van der Waals surface area contributed by atoms with E-state index in [1.807, 2.05) is 24.3 Å². The Bertz CT molecular complexity index is 767. The molecule has 0 unspecified atom stereocenters. The lowest BCUT2D eigenvalue weighted by atomic mass is 10.3. The predicted molar refractivity (Wildman–Crippen MR) is 97.1 cm³/mol. The van der Waals surface area contributed by atoms with Crippen LogP contribution in [0.2, 0.25) is 5.02 Å². The number of halogens is 1. The number of nitrogens with zero attached hydrogens (tertiary/aromatic N) is 3. The number of rotatable bonds is 6. The van der Waals surface area contributed by atoms with Crippen LogP contribution in [0.5, 0.6) is 0 Å². The summed E-state index contributed by atoms with van der Waals surface area (Å²) in [5.74, 6) is 0.949. The Balaban J connectivity index is 1.84. The summed E-state index contributed by atoms with van der Waals surface area (Å²) in [5.41, 5.74) is 3.13. The molecular weight excluding hydrogens is 308 g/mol. The normalized spacial score (nSPS) is 11.3. The van der Waals surface area contributed by atoms with E-state index in [1.165, 1.54) is 5.69 Å². The lowest BCUT2D eigenvalue weighted by Crippen LogP contribution is -2.31. The van der Waals surface area contributed by atoms with Gasteiger partial charge in [-0.05, 0) is 44.4 Å². The fourth-order valence-corrected chi connectivity index (χ4v) is 2.71. The van der Waals surface area contributed by atoms with Crippen molar-refractivity contribution in [3.8, 4) is 0 Å². The molecule has 2 aromatic carbocycles. The highest BCUT2D eigenvalue weighted by atomic mass is 35.5. The highest BCUT2D eigenvalue weighted by Gasteiger charge is 2.11. The standard InChI is InChI=1S/C18H21ClN4/c1-22(2)10-11-23(15-6-4-3-5-7-15)13-18-20-16-9-8-14(19)12-17(16)21-18/h3-9,12H,10-11,13H2,1-2H3,(H,20,21). The van der Waals surface area contributed by atoms with Crippen LogP contribution in [0.15, 0.2) is 48.5 Å². The average Bonchev–Trinajstić information content (AvgIpc) is 2.93. The molecule has 1 heterocycles. The minimum Gasteiger partial charge on any atom is -0.363 e. The Morgan fingerprint density at radius 1 is 1.04 bits per heavy atom. The van der Waals surface area contributed by atoms with Gasteiger partial charge in [0.25, 0.3) is 0 Å². The molecule has 0 saturated carbocycles. The van der Waals surface area contributed by atoms with E-state index < -0.39 is 0 Å². The molecule has 0 aliphatic rings. The lowest BCUT2D eigenvalue weighted by Gasteiger charge is -2.25. The van der Waals surface area contributed by atoms with Crippen LogP contribution < -0.4 is 4.90 Å². The third-order valence-electron chi connectivity index (χ3n) is 3.77. The van der Waals surface area contributed by atoms with Crippen molar-refractivity contribution in [2.24, 2.45) is 0 Å². The van der Waals surface area contributed by atoms with Crippen LogP contribution in [0, 0.1) is 0 Å². The van der Waals surface area contributed by atoms with Crippen molar-refractivity contribution in [1.82, 2.24) is 14.9 Å². The van der Waals surface area contributed by atoms with Crippen LogP contribution in [0.1, 0.15) is 5.82 Å². The van der Waals surface area contributed by atoms with Crippen molar-refractivity contribution in [2.75, 3.05) is 32.1 Å². The number of aromatic amines is 1. The number of likely N-dealkylation sites (N-methyl/N-ethyl adjacent to an activating group) is 1. The number of hydrogen-bond donors (Lipinski definition) is 1. The van der Waals surface area contributed by atoms with E-state index in [1.54, 1.807) is 0 Å². The van der Waals surface area contributed by atoms with Gasteiger partial charge in [-0.15, -0.1) is 0 Å². The Labute approximate surface area is 141 Å². The van der Waals surface area contributed by atoms with Crippen LogP contribution in [-0.2, 0) is 6.54 Å². The number of fused-ring (bicyclic) bond motifs is 1. The molecular formula is C18H21ClN4. The summed E-state index contributed by atoms with van der Waals surface area (Å²) in [6, 6.07) is 16.2. The summed E-state index contributed by atoms with van der Waals surface area (Å²) >= 11 is 6.04. The van der Waals surface area contributed by atoms with E-state index in [9.17, 15) is 0 Å². The lowest BCUT2D eigenvalue weighted by molar-refractivity contribution is 0.412. The topological polar surface area (TPSA) is 35.2 Å². The summed E-state index contributed by atoms with van der Waals surface area (Å²) in [6.45, 7) is 2.67. The first-order chi connectivity index (χ1) is 11.1. The molecule has 1 N–H and O–H groups in total. The number of anilines is 1. The fourth-order valence-electron chi connectivity index (χ4n) is 2.55. The molecule has 0 spiro atoms. The molecule has 0 amide bonds. The van der Waals surface area contributed by atoms with Crippen LogP contribution in [0.25, 0.3) is 11.0 Å². The maximum absolute atomic E-state index is 6.04.